The van der Waals surface area contributed by atoms with E-state index < -0.39 is 0 Å². The molecule has 0 bridgehead atoms. The van der Waals surface area contributed by atoms with E-state index in [-0.39, 0.29) is 6.04 Å². The van der Waals surface area contributed by atoms with Gasteiger partial charge in [-0.15, -0.1) is 0 Å². The van der Waals surface area contributed by atoms with E-state index in [2.05, 4.69) is 30.1 Å². The lowest BCUT2D eigenvalue weighted by Gasteiger charge is -2.25. The molecule has 1 aliphatic rings. The molecule has 1 saturated carbocycles. The third-order valence-electron chi connectivity index (χ3n) is 4.04. The van der Waals surface area contributed by atoms with Crippen molar-refractivity contribution in [3.05, 3.63) is 23.8 Å². The first-order chi connectivity index (χ1) is 10.2. The van der Waals surface area contributed by atoms with Crippen molar-refractivity contribution in [3.63, 3.8) is 0 Å². The number of methoxy groups -OCH3 is 1. The summed E-state index contributed by atoms with van der Waals surface area (Å²) in [6.07, 6.45) is 3.57. The molecular formula is C17H28N2O2. The molecule has 4 heteroatoms. The Morgan fingerprint density at radius 3 is 2.76 bits per heavy atom. The van der Waals surface area contributed by atoms with E-state index in [0.717, 1.165) is 30.8 Å². The zero-order valence-corrected chi connectivity index (χ0v) is 13.4. The molecule has 21 heavy (non-hydrogen) atoms. The smallest absolute Gasteiger partial charge is 0.122 e. The summed E-state index contributed by atoms with van der Waals surface area (Å²) >= 11 is 0. The molecule has 2 N–H and O–H groups in total. The third-order valence-corrected chi connectivity index (χ3v) is 4.04. The van der Waals surface area contributed by atoms with Crippen LogP contribution in [0.1, 0.15) is 44.7 Å². The summed E-state index contributed by atoms with van der Waals surface area (Å²) in [4.78, 5) is 2.34. The van der Waals surface area contributed by atoms with Gasteiger partial charge in [0.25, 0.3) is 0 Å². The normalized spacial score (nSPS) is 16.0. The fourth-order valence-electron chi connectivity index (χ4n) is 2.65. The lowest BCUT2D eigenvalue weighted by atomic mass is 10.1. The van der Waals surface area contributed by atoms with E-state index in [1.165, 1.54) is 12.8 Å². The first-order valence-electron chi connectivity index (χ1n) is 7.99. The molecule has 118 valence electrons. The van der Waals surface area contributed by atoms with Gasteiger partial charge in [-0.05, 0) is 38.8 Å². The summed E-state index contributed by atoms with van der Waals surface area (Å²) in [5.74, 6) is 0.381. The second-order valence-corrected chi connectivity index (χ2v) is 5.84. The van der Waals surface area contributed by atoms with Gasteiger partial charge in [-0.25, -0.2) is 0 Å². The second-order valence-electron chi connectivity index (χ2n) is 5.84. The minimum absolute atomic E-state index is 0.173. The summed E-state index contributed by atoms with van der Waals surface area (Å²) < 4.78 is 5.19. The van der Waals surface area contributed by atoms with Crippen LogP contribution in [0.5, 0.6) is 5.75 Å². The standard InChI is InChI=1S/C17H28N2O2/c1-4-9-18-13(2)16-8-7-15(12-17(16)20)19(10-11-21-3)14-5-6-14/h7-8,12-14,18,20H,4-6,9-11H2,1-3H3. The van der Waals surface area contributed by atoms with E-state index in [4.69, 9.17) is 4.74 Å². The highest BCUT2D eigenvalue weighted by molar-refractivity contribution is 5.55. The van der Waals surface area contributed by atoms with Crippen molar-refractivity contribution in [2.75, 3.05) is 31.7 Å². The Morgan fingerprint density at radius 2 is 2.19 bits per heavy atom. The Bertz CT molecular complexity index is 446. The van der Waals surface area contributed by atoms with Crippen LogP contribution in [0.3, 0.4) is 0 Å². The van der Waals surface area contributed by atoms with Crippen LogP contribution in [-0.2, 0) is 4.74 Å². The van der Waals surface area contributed by atoms with Gasteiger partial charge in [-0.3, -0.25) is 0 Å². The number of phenols is 1. The Morgan fingerprint density at radius 1 is 1.43 bits per heavy atom. The van der Waals surface area contributed by atoms with Gasteiger partial charge in [-0.2, -0.15) is 0 Å². The topological polar surface area (TPSA) is 44.7 Å². The van der Waals surface area contributed by atoms with Crippen molar-refractivity contribution in [3.8, 4) is 5.75 Å². The number of rotatable bonds is 9. The van der Waals surface area contributed by atoms with Gasteiger partial charge in [0.15, 0.2) is 0 Å². The van der Waals surface area contributed by atoms with Crippen LogP contribution in [0.4, 0.5) is 5.69 Å². The summed E-state index contributed by atoms with van der Waals surface area (Å²) in [6, 6.07) is 6.84. The Hall–Kier alpha value is -1.26. The van der Waals surface area contributed by atoms with Crippen molar-refractivity contribution >= 4 is 5.69 Å². The number of phenolic OH excluding ortho intramolecular Hbond substituents is 1. The zero-order chi connectivity index (χ0) is 15.2. The average molecular weight is 292 g/mol. The minimum Gasteiger partial charge on any atom is -0.508 e. The second kappa shape index (κ2) is 7.66. The molecule has 1 fully saturated rings. The maximum Gasteiger partial charge on any atom is 0.122 e. The molecule has 1 aromatic carbocycles. The van der Waals surface area contributed by atoms with Crippen LogP contribution in [0.2, 0.25) is 0 Å². The molecule has 0 amide bonds. The molecule has 1 atom stereocenters. The van der Waals surface area contributed by atoms with E-state index in [1.54, 1.807) is 7.11 Å². The monoisotopic (exact) mass is 292 g/mol. The number of nitrogens with zero attached hydrogens (tertiary/aromatic N) is 1. The number of hydrogen-bond donors (Lipinski definition) is 2. The number of anilines is 1. The minimum atomic E-state index is 0.173. The van der Waals surface area contributed by atoms with Crippen molar-refractivity contribution in [2.24, 2.45) is 0 Å². The molecule has 1 aromatic rings. The molecule has 0 aromatic heterocycles. The Kier molecular flexibility index (Phi) is 5.88. The first-order valence-corrected chi connectivity index (χ1v) is 7.99. The highest BCUT2D eigenvalue weighted by Crippen LogP contribution is 2.35. The molecule has 0 aliphatic heterocycles. The predicted molar refractivity (Wildman–Crippen MR) is 87.1 cm³/mol. The molecular weight excluding hydrogens is 264 g/mol. The maximum absolute atomic E-state index is 10.3. The summed E-state index contributed by atoms with van der Waals surface area (Å²) in [5, 5.41) is 13.8. The zero-order valence-electron chi connectivity index (χ0n) is 13.4. The number of hydrogen-bond acceptors (Lipinski definition) is 4. The number of aromatic hydroxyl groups is 1. The van der Waals surface area contributed by atoms with E-state index in [1.807, 2.05) is 12.1 Å². The molecule has 4 nitrogen and oxygen atoms in total. The van der Waals surface area contributed by atoms with Crippen LogP contribution in [-0.4, -0.2) is 38.0 Å². The highest BCUT2D eigenvalue weighted by atomic mass is 16.5. The quantitative estimate of drug-likeness (QED) is 0.734. The van der Waals surface area contributed by atoms with Gasteiger partial charge in [0, 0.05) is 43.1 Å². The number of ether oxygens (including phenoxy) is 1. The SMILES string of the molecule is CCCNC(C)c1ccc(N(CCOC)C2CC2)cc1O. The maximum atomic E-state index is 10.3. The van der Waals surface area contributed by atoms with Gasteiger partial charge in [0.05, 0.1) is 6.61 Å². The Balaban J connectivity index is 2.09. The fourth-order valence-corrected chi connectivity index (χ4v) is 2.65. The fraction of sp³-hybridized carbons (Fsp3) is 0.647. The molecule has 0 spiro atoms. The van der Waals surface area contributed by atoms with Crippen LogP contribution in [0.25, 0.3) is 0 Å². The lowest BCUT2D eigenvalue weighted by molar-refractivity contribution is 0.205. The van der Waals surface area contributed by atoms with Gasteiger partial charge in [0.1, 0.15) is 5.75 Å². The van der Waals surface area contributed by atoms with Gasteiger partial charge < -0.3 is 20.1 Å². The van der Waals surface area contributed by atoms with Crippen LogP contribution in [0.15, 0.2) is 18.2 Å². The van der Waals surface area contributed by atoms with Gasteiger partial charge in [-0.1, -0.05) is 13.0 Å². The molecule has 0 radical (unpaired) electrons. The van der Waals surface area contributed by atoms with Crippen molar-refractivity contribution < 1.29 is 9.84 Å². The van der Waals surface area contributed by atoms with Crippen molar-refractivity contribution in [1.82, 2.24) is 5.32 Å². The summed E-state index contributed by atoms with van der Waals surface area (Å²) in [5.41, 5.74) is 2.06. The van der Waals surface area contributed by atoms with Crippen LogP contribution >= 0.6 is 0 Å². The van der Waals surface area contributed by atoms with Crippen molar-refractivity contribution in [1.29, 1.82) is 0 Å². The predicted octanol–water partition coefficient (Wildman–Crippen LogP) is 3.07. The largest absolute Gasteiger partial charge is 0.508 e. The third kappa shape index (κ3) is 4.35. The molecule has 1 aliphatic carbocycles. The molecule has 2 rings (SSSR count). The first kappa shape index (κ1) is 16.1. The van der Waals surface area contributed by atoms with Crippen LogP contribution in [0, 0.1) is 0 Å². The molecule has 0 heterocycles. The van der Waals surface area contributed by atoms with E-state index in [0.29, 0.717) is 18.4 Å². The van der Waals surface area contributed by atoms with Gasteiger partial charge >= 0.3 is 0 Å². The summed E-state index contributed by atoms with van der Waals surface area (Å²) in [6.45, 7) is 6.79. The van der Waals surface area contributed by atoms with Gasteiger partial charge in [0.2, 0.25) is 0 Å². The average Bonchev–Trinajstić information content (AvgIpc) is 3.30. The number of nitrogens with one attached hydrogen (secondary N) is 1. The highest BCUT2D eigenvalue weighted by Gasteiger charge is 2.29. The molecule has 1 unspecified atom stereocenters. The van der Waals surface area contributed by atoms with Crippen LogP contribution < -0.4 is 10.2 Å². The lowest BCUT2D eigenvalue weighted by Crippen LogP contribution is -2.29. The van der Waals surface area contributed by atoms with E-state index in [9.17, 15) is 5.11 Å². The van der Waals surface area contributed by atoms with E-state index >= 15 is 0 Å². The van der Waals surface area contributed by atoms with Crippen molar-refractivity contribution in [2.45, 2.75) is 45.2 Å². The molecule has 0 saturated heterocycles. The number of benzene rings is 1. The Labute approximate surface area is 128 Å². The summed E-state index contributed by atoms with van der Waals surface area (Å²) in [7, 11) is 1.73.